The molecule has 2 rings (SSSR count). The van der Waals surface area contributed by atoms with Gasteiger partial charge in [-0.15, -0.1) is 0 Å². The Morgan fingerprint density at radius 2 is 1.11 bits per heavy atom. The third kappa shape index (κ3) is 9.63. The van der Waals surface area contributed by atoms with Crippen molar-refractivity contribution in [1.29, 1.82) is 0 Å². The average Bonchev–Trinajstić information content (AvgIpc) is 2.85. The van der Waals surface area contributed by atoms with E-state index in [1.807, 2.05) is 74.5 Å². The van der Waals surface area contributed by atoms with Gasteiger partial charge in [0.2, 0.25) is 17.7 Å². The van der Waals surface area contributed by atoms with Gasteiger partial charge in [0, 0.05) is 13.3 Å². The normalized spacial score (nSPS) is 15.4. The van der Waals surface area contributed by atoms with Crippen molar-refractivity contribution in [2.24, 2.45) is 11.8 Å². The molecule has 5 N–H and O–H groups in total. The number of carbonyl (C=O) groups is 3. The lowest BCUT2D eigenvalue weighted by Gasteiger charge is -2.31. The van der Waals surface area contributed by atoms with Gasteiger partial charge in [-0.05, 0) is 29.4 Å². The van der Waals surface area contributed by atoms with Gasteiger partial charge in [-0.3, -0.25) is 14.4 Å². The van der Waals surface area contributed by atoms with Crippen molar-refractivity contribution in [1.82, 2.24) is 16.0 Å². The zero-order valence-corrected chi connectivity index (χ0v) is 22.3. The van der Waals surface area contributed by atoms with Crippen molar-refractivity contribution < 1.29 is 24.6 Å². The second-order valence-electron chi connectivity index (χ2n) is 10.2. The van der Waals surface area contributed by atoms with Crippen molar-refractivity contribution in [3.8, 4) is 0 Å². The van der Waals surface area contributed by atoms with E-state index in [4.69, 9.17) is 0 Å². The van der Waals surface area contributed by atoms with E-state index in [9.17, 15) is 24.6 Å². The number of carbonyl (C=O) groups excluding carboxylic acids is 3. The summed E-state index contributed by atoms with van der Waals surface area (Å²) in [5.74, 6) is -1.71. The number of aliphatic hydroxyl groups is 2. The maximum atomic E-state index is 13.4. The SMILES string of the molecule is CC(=O)NC(C(=O)NC(C(=O)NC(Cc1ccccc1)C(O)C(O)Cc1ccccc1)C(C)C)C(C)C. The van der Waals surface area contributed by atoms with Gasteiger partial charge in [0.25, 0.3) is 0 Å². The van der Waals surface area contributed by atoms with E-state index < -0.39 is 42.1 Å². The number of rotatable bonds is 13. The van der Waals surface area contributed by atoms with E-state index in [2.05, 4.69) is 16.0 Å². The predicted octanol–water partition coefficient (Wildman–Crippen LogP) is 1.98. The van der Waals surface area contributed by atoms with Gasteiger partial charge in [-0.1, -0.05) is 88.4 Å². The molecule has 5 unspecified atom stereocenters. The molecule has 0 aromatic heterocycles. The average molecular weight is 512 g/mol. The molecule has 0 aliphatic carbocycles. The van der Waals surface area contributed by atoms with Crippen molar-refractivity contribution >= 4 is 17.7 Å². The van der Waals surface area contributed by atoms with Crippen LogP contribution >= 0.6 is 0 Å². The van der Waals surface area contributed by atoms with Crippen LogP contribution in [0.15, 0.2) is 60.7 Å². The number of amides is 3. The second-order valence-corrected chi connectivity index (χ2v) is 10.2. The van der Waals surface area contributed by atoms with Gasteiger partial charge < -0.3 is 26.2 Å². The monoisotopic (exact) mass is 511 g/mol. The van der Waals surface area contributed by atoms with Gasteiger partial charge in [-0.25, -0.2) is 0 Å². The molecule has 37 heavy (non-hydrogen) atoms. The molecule has 2 aromatic carbocycles. The molecule has 0 heterocycles. The van der Waals surface area contributed by atoms with Crippen LogP contribution in [0.2, 0.25) is 0 Å². The Balaban J connectivity index is 2.22. The smallest absolute Gasteiger partial charge is 0.243 e. The van der Waals surface area contributed by atoms with E-state index in [1.165, 1.54) is 6.92 Å². The van der Waals surface area contributed by atoms with Gasteiger partial charge >= 0.3 is 0 Å². The molecule has 8 nitrogen and oxygen atoms in total. The molecule has 3 amide bonds. The lowest BCUT2D eigenvalue weighted by Crippen LogP contribution is -2.59. The molecule has 8 heteroatoms. The summed E-state index contributed by atoms with van der Waals surface area (Å²) in [5.41, 5.74) is 1.75. The van der Waals surface area contributed by atoms with Crippen LogP contribution in [0.1, 0.15) is 45.7 Å². The van der Waals surface area contributed by atoms with Crippen LogP contribution in [0.3, 0.4) is 0 Å². The van der Waals surface area contributed by atoms with Crippen LogP contribution in [-0.4, -0.2) is 58.3 Å². The molecule has 0 radical (unpaired) electrons. The minimum atomic E-state index is -1.25. The molecule has 0 fully saturated rings. The van der Waals surface area contributed by atoms with Crippen molar-refractivity contribution in [3.05, 3.63) is 71.8 Å². The number of aliphatic hydroxyl groups excluding tert-OH is 2. The lowest BCUT2D eigenvalue weighted by molar-refractivity contribution is -0.134. The minimum absolute atomic E-state index is 0.180. The summed E-state index contributed by atoms with van der Waals surface area (Å²) in [6, 6.07) is 16.2. The highest BCUT2D eigenvalue weighted by Crippen LogP contribution is 2.14. The molecular weight excluding hydrogens is 470 g/mol. The molecule has 0 aliphatic rings. The van der Waals surface area contributed by atoms with E-state index in [1.54, 1.807) is 13.8 Å². The number of nitrogens with one attached hydrogen (secondary N) is 3. The number of benzene rings is 2. The molecule has 0 aliphatic heterocycles. The first-order valence-electron chi connectivity index (χ1n) is 12.8. The maximum absolute atomic E-state index is 13.4. The Labute approximate surface area is 219 Å². The fourth-order valence-electron chi connectivity index (χ4n) is 4.17. The Hall–Kier alpha value is -3.23. The summed E-state index contributed by atoms with van der Waals surface area (Å²) in [6.07, 6.45) is -1.86. The lowest BCUT2D eigenvalue weighted by atomic mass is 9.93. The quantitative estimate of drug-likeness (QED) is 0.281. The molecule has 202 valence electrons. The molecule has 0 saturated carbocycles. The Bertz CT molecular complexity index is 997. The highest BCUT2D eigenvalue weighted by atomic mass is 16.3. The van der Waals surface area contributed by atoms with Crippen LogP contribution in [0.5, 0.6) is 0 Å². The topological polar surface area (TPSA) is 128 Å². The second kappa shape index (κ2) is 14.5. The first kappa shape index (κ1) is 30.0. The van der Waals surface area contributed by atoms with Crippen LogP contribution < -0.4 is 16.0 Å². The van der Waals surface area contributed by atoms with Crippen molar-refractivity contribution in [2.75, 3.05) is 0 Å². The van der Waals surface area contributed by atoms with E-state index in [0.29, 0.717) is 6.42 Å². The third-order valence-corrected chi connectivity index (χ3v) is 6.28. The Morgan fingerprint density at radius 3 is 1.57 bits per heavy atom. The zero-order valence-electron chi connectivity index (χ0n) is 22.3. The van der Waals surface area contributed by atoms with E-state index >= 15 is 0 Å². The summed E-state index contributed by atoms with van der Waals surface area (Å²) in [4.78, 5) is 38.0. The van der Waals surface area contributed by atoms with Gasteiger partial charge in [0.15, 0.2) is 0 Å². The summed E-state index contributed by atoms with van der Waals surface area (Å²) in [7, 11) is 0. The van der Waals surface area contributed by atoms with Gasteiger partial charge in [-0.2, -0.15) is 0 Å². The largest absolute Gasteiger partial charge is 0.390 e. The van der Waals surface area contributed by atoms with Crippen LogP contribution in [0.4, 0.5) is 0 Å². The first-order chi connectivity index (χ1) is 17.5. The highest BCUT2D eigenvalue weighted by Gasteiger charge is 2.34. The number of hydrogen-bond donors (Lipinski definition) is 5. The van der Waals surface area contributed by atoms with Crippen LogP contribution in [0, 0.1) is 11.8 Å². The summed E-state index contributed by atoms with van der Waals surface area (Å²) in [6.45, 7) is 8.57. The van der Waals surface area contributed by atoms with Crippen LogP contribution in [-0.2, 0) is 27.2 Å². The van der Waals surface area contributed by atoms with E-state index in [0.717, 1.165) is 11.1 Å². The molecule has 2 aromatic rings. The zero-order chi connectivity index (χ0) is 27.5. The minimum Gasteiger partial charge on any atom is -0.390 e. The Morgan fingerprint density at radius 1 is 0.676 bits per heavy atom. The standard InChI is InChI=1S/C29H41N3O5/c1-18(2)25(30-20(5)33)29(37)32-26(19(3)4)28(36)31-23(16-21-12-8-6-9-13-21)27(35)24(34)17-22-14-10-7-11-15-22/h6-15,18-19,23-27,34-35H,16-17H2,1-5H3,(H,30,33)(H,31,36)(H,32,37). The third-order valence-electron chi connectivity index (χ3n) is 6.28. The fraction of sp³-hybridized carbons (Fsp3) is 0.483. The van der Waals surface area contributed by atoms with Crippen molar-refractivity contribution in [2.45, 2.75) is 77.8 Å². The predicted molar refractivity (Wildman–Crippen MR) is 143 cm³/mol. The van der Waals surface area contributed by atoms with Crippen molar-refractivity contribution in [3.63, 3.8) is 0 Å². The van der Waals surface area contributed by atoms with Gasteiger partial charge in [0.1, 0.15) is 18.2 Å². The number of hydrogen-bond acceptors (Lipinski definition) is 5. The summed E-state index contributed by atoms with van der Waals surface area (Å²) < 4.78 is 0. The molecule has 0 spiro atoms. The molecule has 0 bridgehead atoms. The molecule has 5 atom stereocenters. The fourth-order valence-corrected chi connectivity index (χ4v) is 4.17. The van der Waals surface area contributed by atoms with E-state index in [-0.39, 0.29) is 24.2 Å². The maximum Gasteiger partial charge on any atom is 0.243 e. The first-order valence-corrected chi connectivity index (χ1v) is 12.8. The molecule has 0 saturated heterocycles. The Kier molecular flexibility index (Phi) is 11.8. The van der Waals surface area contributed by atoms with Crippen LogP contribution in [0.25, 0.3) is 0 Å². The highest BCUT2D eigenvalue weighted by molar-refractivity contribution is 5.92. The molecular formula is C29H41N3O5. The van der Waals surface area contributed by atoms with Gasteiger partial charge in [0.05, 0.1) is 12.1 Å². The summed E-state index contributed by atoms with van der Waals surface area (Å²) in [5, 5.41) is 30.2. The summed E-state index contributed by atoms with van der Waals surface area (Å²) >= 11 is 0.